The van der Waals surface area contributed by atoms with Gasteiger partial charge in [-0.15, -0.1) is 0 Å². The number of carbonyl (C=O) groups is 1. The van der Waals surface area contributed by atoms with Gasteiger partial charge < -0.3 is 15.5 Å². The molecule has 2 atom stereocenters. The molecule has 0 aliphatic carbocycles. The predicted octanol–water partition coefficient (Wildman–Crippen LogP) is 17.6. The molecule has 0 saturated carbocycles. The molecule has 1 amide bonds. The van der Waals surface area contributed by atoms with Gasteiger partial charge in [-0.3, -0.25) is 4.79 Å². The molecular weight excluding hydrogens is 711 g/mol. The quantitative estimate of drug-likeness (QED) is 0.0536. The summed E-state index contributed by atoms with van der Waals surface area (Å²) in [5.41, 5.74) is 0. The highest BCUT2D eigenvalue weighted by Crippen LogP contribution is 2.18. The van der Waals surface area contributed by atoms with Crippen molar-refractivity contribution in [2.75, 3.05) is 6.61 Å². The summed E-state index contributed by atoms with van der Waals surface area (Å²) < 4.78 is 0. The maximum absolute atomic E-state index is 12.5. The van der Waals surface area contributed by atoms with Crippen molar-refractivity contribution in [3.05, 3.63) is 0 Å². The van der Waals surface area contributed by atoms with E-state index in [9.17, 15) is 15.0 Å². The zero-order valence-electron chi connectivity index (χ0n) is 40.1. The second-order valence-corrected chi connectivity index (χ2v) is 19.0. The molecule has 0 aromatic rings. The first-order valence-corrected chi connectivity index (χ1v) is 27.2. The van der Waals surface area contributed by atoms with Crippen molar-refractivity contribution in [3.8, 4) is 0 Å². The number of hydrogen-bond donors (Lipinski definition) is 3. The van der Waals surface area contributed by atoms with Gasteiger partial charge in [0.15, 0.2) is 0 Å². The molecule has 0 rings (SSSR count). The highest BCUT2D eigenvalue weighted by Gasteiger charge is 2.20. The lowest BCUT2D eigenvalue weighted by molar-refractivity contribution is -0.123. The van der Waals surface area contributed by atoms with Gasteiger partial charge in [0.2, 0.25) is 5.91 Å². The predicted molar refractivity (Wildman–Crippen MR) is 258 cm³/mol. The van der Waals surface area contributed by atoms with Gasteiger partial charge in [0.05, 0.1) is 18.8 Å². The van der Waals surface area contributed by atoms with Crippen molar-refractivity contribution < 1.29 is 15.0 Å². The second-order valence-electron chi connectivity index (χ2n) is 19.0. The van der Waals surface area contributed by atoms with Gasteiger partial charge in [0.25, 0.3) is 0 Å². The van der Waals surface area contributed by atoms with Crippen LogP contribution in [0.4, 0.5) is 0 Å². The van der Waals surface area contributed by atoms with Crippen LogP contribution in [0.2, 0.25) is 0 Å². The first-order valence-electron chi connectivity index (χ1n) is 27.2. The molecule has 0 bridgehead atoms. The van der Waals surface area contributed by atoms with Gasteiger partial charge in [-0.1, -0.05) is 303 Å². The minimum atomic E-state index is -0.654. The molecule has 3 N–H and O–H groups in total. The lowest BCUT2D eigenvalue weighted by atomic mass is 10.0. The molecule has 0 aliphatic rings. The Morgan fingerprint density at radius 1 is 0.345 bits per heavy atom. The summed E-state index contributed by atoms with van der Waals surface area (Å²) in [7, 11) is 0. The van der Waals surface area contributed by atoms with Crippen LogP contribution in [-0.2, 0) is 4.79 Å². The number of aliphatic hydroxyl groups excluding tert-OH is 2. The fourth-order valence-electron chi connectivity index (χ4n) is 8.95. The van der Waals surface area contributed by atoms with Crippen molar-refractivity contribution in [2.24, 2.45) is 0 Å². The van der Waals surface area contributed by atoms with E-state index < -0.39 is 12.1 Å². The fourth-order valence-corrected chi connectivity index (χ4v) is 8.95. The highest BCUT2D eigenvalue weighted by atomic mass is 16.3. The molecule has 0 aromatic heterocycles. The topological polar surface area (TPSA) is 69.6 Å². The van der Waals surface area contributed by atoms with Gasteiger partial charge in [0, 0.05) is 6.42 Å². The third-order valence-corrected chi connectivity index (χ3v) is 13.1. The van der Waals surface area contributed by atoms with Crippen molar-refractivity contribution >= 4 is 5.91 Å². The maximum Gasteiger partial charge on any atom is 0.220 e. The smallest absolute Gasteiger partial charge is 0.220 e. The maximum atomic E-state index is 12.5. The number of nitrogens with one attached hydrogen (secondary N) is 1. The van der Waals surface area contributed by atoms with Crippen LogP contribution in [0.15, 0.2) is 0 Å². The molecule has 0 spiro atoms. The van der Waals surface area contributed by atoms with Gasteiger partial charge in [0.1, 0.15) is 0 Å². The van der Waals surface area contributed by atoms with E-state index in [0.29, 0.717) is 12.8 Å². The Labute approximate surface area is 365 Å². The highest BCUT2D eigenvalue weighted by molar-refractivity contribution is 5.76. The number of rotatable bonds is 51. The molecule has 0 aromatic carbocycles. The number of amides is 1. The molecule has 4 heteroatoms. The Bertz CT molecular complexity index is 759. The number of aliphatic hydroxyl groups is 2. The van der Waals surface area contributed by atoms with Crippen molar-refractivity contribution in [1.82, 2.24) is 5.32 Å². The van der Waals surface area contributed by atoms with E-state index in [0.717, 1.165) is 25.7 Å². The zero-order valence-corrected chi connectivity index (χ0v) is 40.1. The summed E-state index contributed by atoms with van der Waals surface area (Å²) >= 11 is 0. The van der Waals surface area contributed by atoms with Gasteiger partial charge in [-0.2, -0.15) is 0 Å². The summed E-state index contributed by atoms with van der Waals surface area (Å²) in [5, 5.41) is 23.3. The summed E-state index contributed by atoms with van der Waals surface area (Å²) in [6.45, 7) is 4.40. The lowest BCUT2D eigenvalue weighted by Crippen LogP contribution is -2.45. The molecule has 0 saturated heterocycles. The van der Waals surface area contributed by atoms with Crippen LogP contribution in [0.25, 0.3) is 0 Å². The first-order chi connectivity index (χ1) is 28.7. The van der Waals surface area contributed by atoms with E-state index in [2.05, 4.69) is 19.2 Å². The zero-order chi connectivity index (χ0) is 42.1. The average Bonchev–Trinajstić information content (AvgIpc) is 3.23. The fraction of sp³-hybridized carbons (Fsp3) is 0.981. The van der Waals surface area contributed by atoms with E-state index >= 15 is 0 Å². The Kier molecular flexibility index (Phi) is 50.2. The van der Waals surface area contributed by atoms with Crippen LogP contribution in [0.5, 0.6) is 0 Å². The molecule has 348 valence electrons. The van der Waals surface area contributed by atoms with E-state index in [-0.39, 0.29) is 12.5 Å². The van der Waals surface area contributed by atoms with Gasteiger partial charge >= 0.3 is 0 Å². The Hall–Kier alpha value is -0.610. The van der Waals surface area contributed by atoms with Crippen LogP contribution in [0, 0.1) is 0 Å². The molecule has 0 radical (unpaired) electrons. The van der Waals surface area contributed by atoms with Crippen molar-refractivity contribution in [1.29, 1.82) is 0 Å². The van der Waals surface area contributed by atoms with E-state index in [4.69, 9.17) is 0 Å². The summed E-state index contributed by atoms with van der Waals surface area (Å²) in [5.74, 6) is -0.0224. The summed E-state index contributed by atoms with van der Waals surface area (Å²) in [4.78, 5) is 12.5. The third kappa shape index (κ3) is 46.5. The number of hydrogen-bond acceptors (Lipinski definition) is 3. The van der Waals surface area contributed by atoms with Crippen LogP contribution < -0.4 is 5.32 Å². The van der Waals surface area contributed by atoms with Gasteiger partial charge in [-0.25, -0.2) is 0 Å². The minimum absolute atomic E-state index is 0.0224. The van der Waals surface area contributed by atoms with Crippen molar-refractivity contribution in [2.45, 2.75) is 334 Å². The van der Waals surface area contributed by atoms with Crippen LogP contribution in [0.1, 0.15) is 322 Å². The monoisotopic (exact) mass is 820 g/mol. The molecular formula is C54H109NO3. The second kappa shape index (κ2) is 50.7. The number of unbranched alkanes of at least 4 members (excludes halogenated alkanes) is 44. The van der Waals surface area contributed by atoms with Crippen LogP contribution >= 0.6 is 0 Å². The molecule has 58 heavy (non-hydrogen) atoms. The average molecular weight is 820 g/mol. The lowest BCUT2D eigenvalue weighted by Gasteiger charge is -2.22. The van der Waals surface area contributed by atoms with Crippen LogP contribution in [0.3, 0.4) is 0 Å². The normalized spacial score (nSPS) is 12.7. The Morgan fingerprint density at radius 2 is 0.552 bits per heavy atom. The van der Waals surface area contributed by atoms with E-state index in [1.54, 1.807) is 0 Å². The number of carbonyl (C=O) groups excluding carboxylic acids is 1. The minimum Gasteiger partial charge on any atom is -0.394 e. The molecule has 2 unspecified atom stereocenters. The molecule has 0 heterocycles. The van der Waals surface area contributed by atoms with Gasteiger partial charge in [-0.05, 0) is 12.8 Å². The summed E-state index contributed by atoms with van der Waals surface area (Å²) in [6, 6.07) is -0.531. The molecule has 0 fully saturated rings. The standard InChI is InChI=1S/C54H109NO3/c1-3-5-7-9-11-13-15-17-19-21-23-25-27-28-29-31-33-35-37-39-41-43-45-47-49-53(57)52(51-56)55-54(58)50-48-46-44-42-40-38-36-34-32-30-26-24-22-20-18-16-14-12-10-8-6-4-2/h52-53,56-57H,3-51H2,1-2H3,(H,55,58). The van der Waals surface area contributed by atoms with E-state index in [1.165, 1.54) is 270 Å². The summed E-state index contributed by atoms with van der Waals surface area (Å²) in [6.07, 6.45) is 63.7. The largest absolute Gasteiger partial charge is 0.394 e. The Morgan fingerprint density at radius 3 is 0.776 bits per heavy atom. The molecule has 0 aliphatic heterocycles. The van der Waals surface area contributed by atoms with Crippen molar-refractivity contribution in [3.63, 3.8) is 0 Å². The molecule has 4 nitrogen and oxygen atoms in total. The Balaban J connectivity index is 3.41. The SMILES string of the molecule is CCCCCCCCCCCCCCCCCCCCCCCCCCC(O)C(CO)NC(=O)CCCCCCCCCCCCCCCCCCCCCCCC. The van der Waals surface area contributed by atoms with E-state index in [1.807, 2.05) is 0 Å². The first kappa shape index (κ1) is 57.4. The van der Waals surface area contributed by atoms with Crippen LogP contribution in [-0.4, -0.2) is 34.9 Å². The third-order valence-electron chi connectivity index (χ3n) is 13.1.